The van der Waals surface area contributed by atoms with Crippen LogP contribution in [0.25, 0.3) is 10.8 Å². The van der Waals surface area contributed by atoms with Crippen LogP contribution in [0.3, 0.4) is 0 Å². The third-order valence-corrected chi connectivity index (χ3v) is 4.68. The van der Waals surface area contributed by atoms with Crippen LogP contribution in [-0.2, 0) is 10.3 Å². The lowest BCUT2D eigenvalue weighted by Gasteiger charge is -2.43. The van der Waals surface area contributed by atoms with Crippen molar-refractivity contribution in [3.8, 4) is 11.5 Å². The van der Waals surface area contributed by atoms with Gasteiger partial charge in [0.05, 0.1) is 0 Å². The summed E-state index contributed by atoms with van der Waals surface area (Å²) < 4.78 is 5.70. The lowest BCUT2D eigenvalue weighted by atomic mass is 9.67. The van der Waals surface area contributed by atoms with E-state index in [1.807, 2.05) is 6.08 Å². The first-order valence-corrected chi connectivity index (χ1v) is 6.74. The van der Waals surface area contributed by atoms with Crippen molar-refractivity contribution >= 4 is 10.8 Å². The van der Waals surface area contributed by atoms with Gasteiger partial charge < -0.3 is 14.9 Å². The number of allylic oxidation sites excluding steroid dienone is 1. The number of nitrogens with zero attached hydrogens (tertiary/aromatic N) is 1. The van der Waals surface area contributed by atoms with Gasteiger partial charge in [-0.1, -0.05) is 12.2 Å². The molecule has 0 saturated heterocycles. The Labute approximate surface area is 116 Å². The van der Waals surface area contributed by atoms with E-state index in [1.54, 1.807) is 25.6 Å². The number of ether oxygens (including phenoxy) is 1. The van der Waals surface area contributed by atoms with E-state index in [0.717, 1.165) is 24.0 Å². The molecule has 0 unspecified atom stereocenters. The molecule has 0 radical (unpaired) electrons. The number of hydrogen-bond acceptors (Lipinski definition) is 4. The molecule has 2 aromatic rings. The molecule has 0 aliphatic heterocycles. The normalized spacial score (nSPS) is 26.9. The van der Waals surface area contributed by atoms with Crippen LogP contribution in [0.4, 0.5) is 0 Å². The SMILES string of the molecule is CO[C@]12C=C[C@H](CC1)c1c2c(O)c2ccncc2c1O. The van der Waals surface area contributed by atoms with Crippen molar-refractivity contribution in [1.82, 2.24) is 4.98 Å². The summed E-state index contributed by atoms with van der Waals surface area (Å²) in [6.45, 7) is 0. The van der Waals surface area contributed by atoms with Crippen LogP contribution in [0, 0.1) is 0 Å². The summed E-state index contributed by atoms with van der Waals surface area (Å²) in [6, 6.07) is 1.72. The minimum absolute atomic E-state index is 0.137. The number of phenols is 2. The molecular formula is C16H15NO3. The summed E-state index contributed by atoms with van der Waals surface area (Å²) >= 11 is 0. The lowest BCUT2D eigenvalue weighted by molar-refractivity contribution is 0.00452. The zero-order valence-electron chi connectivity index (χ0n) is 11.1. The largest absolute Gasteiger partial charge is 0.507 e. The van der Waals surface area contributed by atoms with Crippen LogP contribution in [-0.4, -0.2) is 22.3 Å². The van der Waals surface area contributed by atoms with Gasteiger partial charge in [-0.3, -0.25) is 4.98 Å². The van der Waals surface area contributed by atoms with Crippen molar-refractivity contribution in [2.45, 2.75) is 24.4 Å². The molecular weight excluding hydrogens is 254 g/mol. The van der Waals surface area contributed by atoms with Crippen LogP contribution < -0.4 is 0 Å². The van der Waals surface area contributed by atoms with Gasteiger partial charge in [0.1, 0.15) is 17.1 Å². The average Bonchev–Trinajstić information content (AvgIpc) is 2.53. The van der Waals surface area contributed by atoms with Gasteiger partial charge in [0, 0.05) is 47.3 Å². The van der Waals surface area contributed by atoms with Gasteiger partial charge in [-0.05, 0) is 18.9 Å². The Morgan fingerprint density at radius 1 is 1.30 bits per heavy atom. The molecule has 5 rings (SSSR count). The molecule has 1 aromatic carbocycles. The topological polar surface area (TPSA) is 62.6 Å². The van der Waals surface area contributed by atoms with Gasteiger partial charge in [0.25, 0.3) is 0 Å². The number of aromatic hydroxyl groups is 2. The number of methoxy groups -OCH3 is 1. The number of aromatic nitrogens is 1. The predicted molar refractivity (Wildman–Crippen MR) is 74.9 cm³/mol. The van der Waals surface area contributed by atoms with Crippen molar-refractivity contribution in [1.29, 1.82) is 0 Å². The van der Waals surface area contributed by atoms with Crippen LogP contribution in [0.5, 0.6) is 11.5 Å². The Bertz CT molecular complexity index is 753. The quantitative estimate of drug-likeness (QED) is 0.617. The van der Waals surface area contributed by atoms with Crippen molar-refractivity contribution in [3.63, 3.8) is 0 Å². The second-order valence-electron chi connectivity index (χ2n) is 5.51. The smallest absolute Gasteiger partial charge is 0.130 e. The molecule has 0 spiro atoms. The van der Waals surface area contributed by atoms with Gasteiger partial charge in [-0.25, -0.2) is 0 Å². The van der Waals surface area contributed by atoms with Gasteiger partial charge >= 0.3 is 0 Å². The third-order valence-electron chi connectivity index (χ3n) is 4.68. The molecule has 2 atom stereocenters. The molecule has 0 fully saturated rings. The summed E-state index contributed by atoms with van der Waals surface area (Å²) in [5, 5.41) is 22.5. The van der Waals surface area contributed by atoms with Crippen LogP contribution >= 0.6 is 0 Å². The molecule has 0 amide bonds. The Morgan fingerprint density at radius 2 is 2.15 bits per heavy atom. The second-order valence-corrected chi connectivity index (χ2v) is 5.51. The first-order chi connectivity index (χ1) is 9.68. The second kappa shape index (κ2) is 3.73. The number of benzene rings is 1. The molecule has 3 aliphatic carbocycles. The first kappa shape index (κ1) is 11.7. The Balaban J connectivity index is 2.18. The van der Waals surface area contributed by atoms with Gasteiger partial charge in [0.2, 0.25) is 0 Å². The first-order valence-electron chi connectivity index (χ1n) is 6.74. The van der Waals surface area contributed by atoms with Crippen molar-refractivity contribution in [2.75, 3.05) is 7.11 Å². The Morgan fingerprint density at radius 3 is 2.85 bits per heavy atom. The average molecular weight is 269 g/mol. The predicted octanol–water partition coefficient (Wildman–Crippen LogP) is 2.93. The van der Waals surface area contributed by atoms with Crippen molar-refractivity contribution in [3.05, 3.63) is 41.7 Å². The van der Waals surface area contributed by atoms with Gasteiger partial charge in [-0.15, -0.1) is 0 Å². The fourth-order valence-corrected chi connectivity index (χ4v) is 3.65. The van der Waals surface area contributed by atoms with E-state index in [0.29, 0.717) is 10.8 Å². The van der Waals surface area contributed by atoms with E-state index >= 15 is 0 Å². The maximum Gasteiger partial charge on any atom is 0.130 e. The summed E-state index contributed by atoms with van der Waals surface area (Å²) in [7, 11) is 1.65. The van der Waals surface area contributed by atoms with Crippen molar-refractivity contribution in [2.24, 2.45) is 0 Å². The van der Waals surface area contributed by atoms with Crippen LogP contribution in [0.2, 0.25) is 0 Å². The molecule has 1 aromatic heterocycles. The van der Waals surface area contributed by atoms with E-state index in [1.165, 1.54) is 0 Å². The van der Waals surface area contributed by atoms with E-state index in [-0.39, 0.29) is 17.4 Å². The number of phenolic OH excluding ortho intramolecular Hbond substituents is 2. The number of hydrogen-bond donors (Lipinski definition) is 2. The minimum atomic E-state index is -0.622. The molecule has 2 bridgehead atoms. The zero-order valence-corrected chi connectivity index (χ0v) is 11.1. The zero-order chi connectivity index (χ0) is 13.9. The molecule has 3 aliphatic rings. The molecule has 0 saturated carbocycles. The Hall–Kier alpha value is -2.07. The summed E-state index contributed by atoms with van der Waals surface area (Å²) in [5.74, 6) is 0.556. The lowest BCUT2D eigenvalue weighted by Crippen LogP contribution is -2.35. The van der Waals surface area contributed by atoms with Crippen molar-refractivity contribution < 1.29 is 14.9 Å². The van der Waals surface area contributed by atoms with Gasteiger partial charge in [0.15, 0.2) is 0 Å². The summed E-state index contributed by atoms with van der Waals surface area (Å²) in [4.78, 5) is 4.04. The van der Waals surface area contributed by atoms with E-state index < -0.39 is 5.60 Å². The highest BCUT2D eigenvalue weighted by atomic mass is 16.5. The summed E-state index contributed by atoms with van der Waals surface area (Å²) in [6.07, 6.45) is 9.02. The molecule has 4 heteroatoms. The molecule has 1 heterocycles. The number of fused-ring (bicyclic) bond motifs is 2. The van der Waals surface area contributed by atoms with Gasteiger partial charge in [-0.2, -0.15) is 0 Å². The van der Waals surface area contributed by atoms with E-state index in [9.17, 15) is 10.2 Å². The molecule has 20 heavy (non-hydrogen) atoms. The summed E-state index contributed by atoms with van der Waals surface area (Å²) in [5.41, 5.74) is 0.886. The standard InChI is InChI=1S/C16H15NO3/c1-20-16-5-2-9(3-6-16)12-13(16)15(19)10-4-7-17-8-11(10)14(12)18/h2,4-5,7-9,18-19H,3,6H2,1H3/t9-,16-/m1/s1. The molecule has 102 valence electrons. The Kier molecular flexibility index (Phi) is 2.19. The van der Waals surface area contributed by atoms with E-state index in [4.69, 9.17) is 4.74 Å². The number of rotatable bonds is 1. The highest BCUT2D eigenvalue weighted by Gasteiger charge is 2.45. The van der Waals surface area contributed by atoms with E-state index in [2.05, 4.69) is 11.1 Å². The monoisotopic (exact) mass is 269 g/mol. The molecule has 2 N–H and O–H groups in total. The fraction of sp³-hybridized carbons (Fsp3) is 0.312. The maximum absolute atomic E-state index is 10.7. The fourth-order valence-electron chi connectivity index (χ4n) is 3.65. The minimum Gasteiger partial charge on any atom is -0.507 e. The third kappa shape index (κ3) is 1.22. The highest BCUT2D eigenvalue weighted by molar-refractivity contribution is 5.96. The maximum atomic E-state index is 10.7. The highest BCUT2D eigenvalue weighted by Crippen LogP contribution is 2.57. The van der Waals surface area contributed by atoms with Crippen LogP contribution in [0.15, 0.2) is 30.6 Å². The van der Waals surface area contributed by atoms with Crippen LogP contribution in [0.1, 0.15) is 29.9 Å². The molecule has 4 nitrogen and oxygen atoms in total. The number of pyridine rings is 1.